The topological polar surface area (TPSA) is 63.8 Å². The smallest absolute Gasteiger partial charge is 0.148 e. The molecule has 0 unspecified atom stereocenters. The number of thiocarbonyl (C=S) groups is 1. The molecular formula is C14H16N4S. The van der Waals surface area contributed by atoms with E-state index in [1.165, 1.54) is 11.1 Å². The van der Waals surface area contributed by atoms with Gasteiger partial charge in [0.2, 0.25) is 0 Å². The molecule has 0 saturated heterocycles. The largest absolute Gasteiger partial charge is 0.388 e. The van der Waals surface area contributed by atoms with E-state index in [9.17, 15) is 0 Å². The molecule has 2 aromatic rings. The van der Waals surface area contributed by atoms with Crippen LogP contribution in [0.3, 0.4) is 0 Å². The minimum Gasteiger partial charge on any atom is -0.388 e. The molecule has 2 rings (SSSR count). The fourth-order valence-electron chi connectivity index (χ4n) is 1.85. The first-order valence-electron chi connectivity index (χ1n) is 6.09. The van der Waals surface area contributed by atoms with Crippen LogP contribution in [0.15, 0.2) is 30.6 Å². The zero-order valence-electron chi connectivity index (χ0n) is 11.0. The normalized spacial score (nSPS) is 10.2. The summed E-state index contributed by atoms with van der Waals surface area (Å²) in [4.78, 5) is 8.69. The van der Waals surface area contributed by atoms with E-state index in [0.29, 0.717) is 11.5 Å². The standard InChI is InChI=1S/C14H16N4S/c1-3-10-6-4-5-9(2)13(10)18-12-8-16-11(7-17-12)14(15)19/h4-8H,3H2,1-2H3,(H2,15,19)(H,17,18). The molecule has 5 heteroatoms. The number of para-hydroxylation sites is 1. The maximum absolute atomic E-state index is 5.49. The lowest BCUT2D eigenvalue weighted by atomic mass is 10.1. The summed E-state index contributed by atoms with van der Waals surface area (Å²) < 4.78 is 0. The van der Waals surface area contributed by atoms with E-state index in [1.807, 2.05) is 0 Å². The van der Waals surface area contributed by atoms with Crippen molar-refractivity contribution >= 4 is 28.7 Å². The van der Waals surface area contributed by atoms with E-state index in [2.05, 4.69) is 47.3 Å². The number of hydrogen-bond donors (Lipinski definition) is 2. The highest BCUT2D eigenvalue weighted by molar-refractivity contribution is 7.80. The molecule has 98 valence electrons. The second kappa shape index (κ2) is 5.75. The average Bonchev–Trinajstić information content (AvgIpc) is 2.41. The van der Waals surface area contributed by atoms with Crippen molar-refractivity contribution in [3.63, 3.8) is 0 Å². The van der Waals surface area contributed by atoms with Crippen molar-refractivity contribution in [2.24, 2.45) is 5.73 Å². The number of nitrogens with two attached hydrogens (primary N) is 1. The van der Waals surface area contributed by atoms with Crippen LogP contribution in [0.25, 0.3) is 0 Å². The van der Waals surface area contributed by atoms with Crippen LogP contribution < -0.4 is 11.1 Å². The minimum absolute atomic E-state index is 0.254. The zero-order chi connectivity index (χ0) is 13.8. The average molecular weight is 272 g/mol. The second-order valence-electron chi connectivity index (χ2n) is 4.24. The van der Waals surface area contributed by atoms with Gasteiger partial charge in [-0.3, -0.25) is 0 Å². The predicted molar refractivity (Wildman–Crippen MR) is 81.8 cm³/mol. The van der Waals surface area contributed by atoms with Gasteiger partial charge in [0.15, 0.2) is 0 Å². The number of nitrogens with zero attached hydrogens (tertiary/aromatic N) is 2. The molecule has 4 nitrogen and oxygen atoms in total. The summed E-state index contributed by atoms with van der Waals surface area (Å²) >= 11 is 4.85. The van der Waals surface area contributed by atoms with Gasteiger partial charge in [0, 0.05) is 5.69 Å². The van der Waals surface area contributed by atoms with E-state index >= 15 is 0 Å². The zero-order valence-corrected chi connectivity index (χ0v) is 11.8. The number of hydrogen-bond acceptors (Lipinski definition) is 4. The second-order valence-corrected chi connectivity index (χ2v) is 4.68. The Bertz CT molecular complexity index is 593. The molecule has 0 atom stereocenters. The Morgan fingerprint density at radius 2 is 2.11 bits per heavy atom. The van der Waals surface area contributed by atoms with Crippen LogP contribution in [0, 0.1) is 6.92 Å². The maximum Gasteiger partial charge on any atom is 0.148 e. The van der Waals surface area contributed by atoms with Gasteiger partial charge in [-0.1, -0.05) is 37.3 Å². The Kier molecular flexibility index (Phi) is 4.06. The van der Waals surface area contributed by atoms with Gasteiger partial charge < -0.3 is 11.1 Å². The van der Waals surface area contributed by atoms with Gasteiger partial charge in [-0.15, -0.1) is 0 Å². The first-order chi connectivity index (χ1) is 9.11. The van der Waals surface area contributed by atoms with Crippen LogP contribution >= 0.6 is 12.2 Å². The van der Waals surface area contributed by atoms with E-state index in [1.54, 1.807) is 12.4 Å². The fourth-order valence-corrected chi connectivity index (χ4v) is 1.96. The predicted octanol–water partition coefficient (Wildman–Crippen LogP) is 2.73. The van der Waals surface area contributed by atoms with Crippen molar-refractivity contribution in [2.45, 2.75) is 20.3 Å². The number of anilines is 2. The number of aryl methyl sites for hydroxylation is 2. The van der Waals surface area contributed by atoms with Crippen LogP contribution in [-0.4, -0.2) is 15.0 Å². The van der Waals surface area contributed by atoms with Gasteiger partial charge in [0.05, 0.1) is 12.4 Å². The van der Waals surface area contributed by atoms with Crippen LogP contribution in [0.1, 0.15) is 23.7 Å². The van der Waals surface area contributed by atoms with Crippen molar-refractivity contribution in [3.05, 3.63) is 47.4 Å². The monoisotopic (exact) mass is 272 g/mol. The quantitative estimate of drug-likeness (QED) is 0.838. The van der Waals surface area contributed by atoms with Gasteiger partial charge in [-0.2, -0.15) is 0 Å². The van der Waals surface area contributed by atoms with E-state index in [-0.39, 0.29) is 4.99 Å². The molecule has 1 aromatic heterocycles. The molecule has 0 radical (unpaired) electrons. The molecule has 0 bridgehead atoms. The van der Waals surface area contributed by atoms with Gasteiger partial charge in [-0.05, 0) is 24.5 Å². The Morgan fingerprint density at radius 1 is 1.32 bits per heavy atom. The number of rotatable bonds is 4. The van der Waals surface area contributed by atoms with Crippen LogP contribution in [-0.2, 0) is 6.42 Å². The third-order valence-corrected chi connectivity index (χ3v) is 3.11. The van der Waals surface area contributed by atoms with Crippen molar-refractivity contribution in [2.75, 3.05) is 5.32 Å². The molecule has 0 spiro atoms. The third kappa shape index (κ3) is 3.06. The summed E-state index contributed by atoms with van der Waals surface area (Å²) in [5.74, 6) is 0.684. The Labute approximate surface area is 118 Å². The number of nitrogens with one attached hydrogen (secondary N) is 1. The van der Waals surface area contributed by atoms with Crippen molar-refractivity contribution < 1.29 is 0 Å². The molecule has 0 aliphatic rings. The fraction of sp³-hybridized carbons (Fsp3) is 0.214. The summed E-state index contributed by atoms with van der Waals surface area (Å²) in [5.41, 5.74) is 9.54. The molecule has 19 heavy (non-hydrogen) atoms. The molecule has 0 saturated carbocycles. The molecule has 0 fully saturated rings. The molecule has 0 aliphatic carbocycles. The van der Waals surface area contributed by atoms with Crippen LogP contribution in [0.5, 0.6) is 0 Å². The molecule has 1 heterocycles. The highest BCUT2D eigenvalue weighted by Gasteiger charge is 2.06. The lowest BCUT2D eigenvalue weighted by Gasteiger charge is -2.13. The third-order valence-electron chi connectivity index (χ3n) is 2.90. The molecular weight excluding hydrogens is 256 g/mol. The highest BCUT2D eigenvalue weighted by atomic mass is 32.1. The lowest BCUT2D eigenvalue weighted by molar-refractivity contribution is 1.12. The van der Waals surface area contributed by atoms with Gasteiger partial charge >= 0.3 is 0 Å². The SMILES string of the molecule is CCc1cccc(C)c1Nc1cnc(C(N)=S)cn1. The first kappa shape index (κ1) is 13.4. The Hall–Kier alpha value is -2.01. The molecule has 0 aliphatic heterocycles. The van der Waals surface area contributed by atoms with Crippen molar-refractivity contribution in [3.8, 4) is 0 Å². The minimum atomic E-state index is 0.254. The first-order valence-corrected chi connectivity index (χ1v) is 6.50. The summed E-state index contributed by atoms with van der Waals surface area (Å²) in [6.45, 7) is 4.19. The van der Waals surface area contributed by atoms with Crippen LogP contribution in [0.4, 0.5) is 11.5 Å². The van der Waals surface area contributed by atoms with E-state index < -0.39 is 0 Å². The molecule has 1 aromatic carbocycles. The van der Waals surface area contributed by atoms with Crippen molar-refractivity contribution in [1.82, 2.24) is 9.97 Å². The summed E-state index contributed by atoms with van der Waals surface area (Å²) in [6, 6.07) is 6.23. The van der Waals surface area contributed by atoms with Gasteiger partial charge in [0.1, 0.15) is 16.5 Å². The van der Waals surface area contributed by atoms with Gasteiger partial charge in [0.25, 0.3) is 0 Å². The highest BCUT2D eigenvalue weighted by Crippen LogP contribution is 2.24. The maximum atomic E-state index is 5.49. The van der Waals surface area contributed by atoms with Crippen molar-refractivity contribution in [1.29, 1.82) is 0 Å². The lowest BCUT2D eigenvalue weighted by Crippen LogP contribution is -2.12. The summed E-state index contributed by atoms with van der Waals surface area (Å²) in [7, 11) is 0. The van der Waals surface area contributed by atoms with Gasteiger partial charge in [-0.25, -0.2) is 9.97 Å². The number of aromatic nitrogens is 2. The molecule has 3 N–H and O–H groups in total. The summed E-state index contributed by atoms with van der Waals surface area (Å²) in [5, 5.41) is 3.30. The summed E-state index contributed by atoms with van der Waals surface area (Å²) in [6.07, 6.45) is 4.18. The van der Waals surface area contributed by atoms with E-state index in [4.69, 9.17) is 18.0 Å². The van der Waals surface area contributed by atoms with E-state index in [0.717, 1.165) is 12.1 Å². The van der Waals surface area contributed by atoms with Crippen LogP contribution in [0.2, 0.25) is 0 Å². The Balaban J connectivity index is 2.28. The molecule has 0 amide bonds. The Morgan fingerprint density at radius 3 is 2.68 bits per heavy atom. The number of benzene rings is 1.